The highest BCUT2D eigenvalue weighted by molar-refractivity contribution is 8.00. The first-order chi connectivity index (χ1) is 14.7. The molecule has 1 saturated heterocycles. The number of carboxylic acid groups (broad SMARTS) is 1. The van der Waals surface area contributed by atoms with Gasteiger partial charge in [0, 0.05) is 24.6 Å². The number of amidine groups is 1. The summed E-state index contributed by atoms with van der Waals surface area (Å²) in [6, 6.07) is -0.764. The van der Waals surface area contributed by atoms with Crippen LogP contribution in [0.15, 0.2) is 47.0 Å². The zero-order chi connectivity index (χ0) is 22.3. The van der Waals surface area contributed by atoms with Gasteiger partial charge in [0.2, 0.25) is 0 Å². The van der Waals surface area contributed by atoms with E-state index in [4.69, 9.17) is 16.2 Å². The number of methoxy groups -OCH3 is 1. The highest BCUT2D eigenvalue weighted by Gasteiger charge is 2.54. The second-order valence-corrected chi connectivity index (χ2v) is 9.77. The van der Waals surface area contributed by atoms with Crippen molar-refractivity contribution >= 4 is 45.9 Å². The normalized spacial score (nSPS) is 25.5. The molecule has 31 heavy (non-hydrogen) atoms. The van der Waals surface area contributed by atoms with Crippen LogP contribution in [0, 0.1) is 0 Å². The third-order valence-corrected chi connectivity index (χ3v) is 7.50. The number of aliphatic carboxylic acids is 1. The first-order valence-electron chi connectivity index (χ1n) is 9.43. The standard InChI is InChI=1S/C19H22N6O4S2/c1-25(5-3-4-6-25)8-10-9-30-17-12(16(26)24(17)13(10)18(27)28)23-15(20)14(29-2)11-7-22-19(21)31-11/h3-7,12,14,17H,8-9H2,1-2H3,(H4-,20,21,22,23,27,28)/p+1. The summed E-state index contributed by atoms with van der Waals surface area (Å²) in [5, 5.41) is 9.81. The van der Waals surface area contributed by atoms with Gasteiger partial charge in [-0.15, -0.1) is 11.8 Å². The highest BCUT2D eigenvalue weighted by atomic mass is 32.2. The van der Waals surface area contributed by atoms with Gasteiger partial charge in [-0.05, 0) is 12.2 Å². The van der Waals surface area contributed by atoms with E-state index in [-0.39, 0.29) is 17.4 Å². The Hall–Kier alpha value is -2.67. The van der Waals surface area contributed by atoms with Crippen LogP contribution in [0.25, 0.3) is 0 Å². The van der Waals surface area contributed by atoms with E-state index in [0.29, 0.717) is 32.4 Å². The smallest absolute Gasteiger partial charge is 0.352 e. The summed E-state index contributed by atoms with van der Waals surface area (Å²) in [5.74, 6) is -0.875. The maximum atomic E-state index is 12.9. The minimum atomic E-state index is -1.11. The van der Waals surface area contributed by atoms with E-state index in [1.807, 2.05) is 31.6 Å². The van der Waals surface area contributed by atoms with E-state index < -0.39 is 23.5 Å². The van der Waals surface area contributed by atoms with Crippen molar-refractivity contribution in [1.29, 1.82) is 0 Å². The number of aromatic nitrogens is 1. The molecule has 1 aromatic heterocycles. The zero-order valence-electron chi connectivity index (χ0n) is 17.0. The van der Waals surface area contributed by atoms with Crippen LogP contribution in [0.3, 0.4) is 0 Å². The number of thiazole rings is 1. The SMILES string of the molecule is COC(C(N)=NC1C(=O)N2C(C(=O)O)=C(C[N+]3(C)C=CC=C3)CSC12)c1cnc(N)s1. The Morgan fingerprint density at radius 1 is 1.48 bits per heavy atom. The Morgan fingerprint density at radius 2 is 2.19 bits per heavy atom. The van der Waals surface area contributed by atoms with Crippen molar-refractivity contribution < 1.29 is 23.9 Å². The summed E-state index contributed by atoms with van der Waals surface area (Å²) in [5.41, 5.74) is 12.6. The number of nitrogens with zero attached hydrogens (tertiary/aromatic N) is 4. The summed E-state index contributed by atoms with van der Waals surface area (Å²) in [6.45, 7) is 0.479. The van der Waals surface area contributed by atoms with Gasteiger partial charge in [0.05, 0.1) is 11.9 Å². The molecule has 4 rings (SSSR count). The molecular weight excluding hydrogens is 440 g/mol. The Labute approximate surface area is 187 Å². The Balaban J connectivity index is 1.57. The topological polar surface area (TPSA) is 144 Å². The van der Waals surface area contributed by atoms with Crippen molar-refractivity contribution in [2.45, 2.75) is 17.5 Å². The van der Waals surface area contributed by atoms with Crippen molar-refractivity contribution in [3.05, 3.63) is 46.9 Å². The summed E-state index contributed by atoms with van der Waals surface area (Å²) < 4.78 is 5.88. The van der Waals surface area contributed by atoms with Crippen LogP contribution in [-0.2, 0) is 14.3 Å². The van der Waals surface area contributed by atoms with Crippen molar-refractivity contribution in [1.82, 2.24) is 9.88 Å². The number of nitrogen functional groups attached to an aromatic ring is 1. The van der Waals surface area contributed by atoms with E-state index in [1.165, 1.54) is 35.1 Å². The molecule has 0 radical (unpaired) electrons. The lowest BCUT2D eigenvalue weighted by Gasteiger charge is -2.48. The van der Waals surface area contributed by atoms with Crippen molar-refractivity contribution in [3.8, 4) is 0 Å². The summed E-state index contributed by atoms with van der Waals surface area (Å²) in [7, 11) is 3.46. The zero-order valence-corrected chi connectivity index (χ0v) is 18.6. The maximum absolute atomic E-state index is 12.9. The van der Waals surface area contributed by atoms with Crippen LogP contribution >= 0.6 is 23.1 Å². The summed E-state index contributed by atoms with van der Waals surface area (Å²) >= 11 is 2.72. The molecule has 0 saturated carbocycles. The number of hydrogen-bond donors (Lipinski definition) is 3. The Bertz CT molecular complexity index is 1030. The number of anilines is 1. The molecule has 4 heterocycles. The number of carboxylic acids is 1. The molecule has 5 N–H and O–H groups in total. The second-order valence-electron chi connectivity index (χ2n) is 7.57. The Kier molecular flexibility index (Phi) is 5.64. The number of fused-ring (bicyclic) bond motifs is 1. The number of carbonyl (C=O) groups is 2. The van der Waals surface area contributed by atoms with Crippen LogP contribution in [0.4, 0.5) is 5.13 Å². The lowest BCUT2D eigenvalue weighted by atomic mass is 10.0. The first-order valence-corrected chi connectivity index (χ1v) is 11.3. The highest BCUT2D eigenvalue weighted by Crippen LogP contribution is 2.42. The van der Waals surface area contributed by atoms with Gasteiger partial charge >= 0.3 is 5.97 Å². The minimum Gasteiger partial charge on any atom is -0.477 e. The van der Waals surface area contributed by atoms with Gasteiger partial charge in [0.25, 0.3) is 5.91 Å². The lowest BCUT2D eigenvalue weighted by molar-refractivity contribution is -0.798. The van der Waals surface area contributed by atoms with Crippen LogP contribution < -0.4 is 11.5 Å². The average molecular weight is 464 g/mol. The molecule has 3 unspecified atom stereocenters. The number of β-lactam (4-membered cyclic amide) rings is 1. The predicted octanol–water partition coefficient (Wildman–Crippen LogP) is 0.880. The number of nitrogens with two attached hydrogens (primary N) is 2. The van der Waals surface area contributed by atoms with Gasteiger partial charge < -0.3 is 21.3 Å². The van der Waals surface area contributed by atoms with Gasteiger partial charge in [-0.2, -0.15) is 0 Å². The molecule has 1 aromatic rings. The molecule has 3 atom stereocenters. The number of aliphatic imine (C=N–C) groups is 1. The van der Waals surface area contributed by atoms with Crippen LogP contribution in [0.5, 0.6) is 0 Å². The van der Waals surface area contributed by atoms with Crippen LogP contribution in [0.1, 0.15) is 11.0 Å². The molecule has 0 aliphatic carbocycles. The van der Waals surface area contributed by atoms with Crippen molar-refractivity contribution in [2.24, 2.45) is 10.7 Å². The number of thioether (sulfide) groups is 1. The fraction of sp³-hybridized carbons (Fsp3) is 0.368. The maximum Gasteiger partial charge on any atom is 0.352 e. The molecular formula is C19H23N6O4S2+. The number of carbonyl (C=O) groups excluding carboxylic acids is 1. The van der Waals surface area contributed by atoms with Gasteiger partial charge in [-0.1, -0.05) is 11.3 Å². The number of rotatable bonds is 7. The summed E-state index contributed by atoms with van der Waals surface area (Å²) in [4.78, 5) is 35.3. The molecule has 3 aliphatic heterocycles. The Morgan fingerprint density at radius 3 is 2.77 bits per heavy atom. The van der Waals surface area contributed by atoms with Crippen LogP contribution in [-0.4, -0.2) is 75.1 Å². The number of allylic oxidation sites excluding steroid dienone is 2. The third kappa shape index (κ3) is 3.87. The monoisotopic (exact) mass is 463 g/mol. The van der Waals surface area contributed by atoms with E-state index in [9.17, 15) is 14.7 Å². The molecule has 1 fully saturated rings. The number of quaternary nitrogens is 1. The number of likely N-dealkylation sites (N-methyl/N-ethyl adjacent to an activating group) is 1. The first kappa shape index (κ1) is 21.6. The molecule has 10 nitrogen and oxygen atoms in total. The van der Waals surface area contributed by atoms with Crippen molar-refractivity contribution in [3.63, 3.8) is 0 Å². The quantitative estimate of drug-likeness (QED) is 0.234. The van der Waals surface area contributed by atoms with E-state index in [1.54, 1.807) is 6.20 Å². The van der Waals surface area contributed by atoms with Gasteiger partial charge in [-0.25, -0.2) is 9.78 Å². The fourth-order valence-electron chi connectivity index (χ4n) is 3.86. The van der Waals surface area contributed by atoms with Gasteiger partial charge in [0.15, 0.2) is 11.2 Å². The largest absolute Gasteiger partial charge is 0.477 e. The van der Waals surface area contributed by atoms with Crippen LogP contribution in [0.2, 0.25) is 0 Å². The second kappa shape index (κ2) is 8.11. The van der Waals surface area contributed by atoms with E-state index in [2.05, 4.69) is 9.98 Å². The van der Waals surface area contributed by atoms with Crippen molar-refractivity contribution in [2.75, 3.05) is 32.2 Å². The molecule has 0 bridgehead atoms. The average Bonchev–Trinajstić information content (AvgIpc) is 3.34. The van der Waals surface area contributed by atoms with E-state index >= 15 is 0 Å². The molecule has 3 aliphatic rings. The minimum absolute atomic E-state index is 0.0466. The molecule has 1 amide bonds. The third-order valence-electron chi connectivity index (χ3n) is 5.31. The number of hydrogen-bond acceptors (Lipinski definition) is 8. The summed E-state index contributed by atoms with van der Waals surface area (Å²) in [6.07, 6.45) is 8.69. The molecule has 0 aromatic carbocycles. The predicted molar refractivity (Wildman–Crippen MR) is 119 cm³/mol. The van der Waals surface area contributed by atoms with Gasteiger partial charge in [0.1, 0.15) is 42.0 Å². The van der Waals surface area contributed by atoms with Gasteiger partial charge in [-0.3, -0.25) is 19.2 Å². The number of amides is 1. The lowest BCUT2D eigenvalue weighted by Crippen LogP contribution is -2.65. The van der Waals surface area contributed by atoms with E-state index in [0.717, 1.165) is 0 Å². The molecule has 0 spiro atoms. The molecule has 12 heteroatoms. The fourth-order valence-corrected chi connectivity index (χ4v) is 5.96. The number of ether oxygens (including phenoxy) is 1. The molecule has 164 valence electrons.